The number of ether oxygens (including phenoxy) is 7. The summed E-state index contributed by atoms with van der Waals surface area (Å²) >= 11 is 0. The van der Waals surface area contributed by atoms with Crippen molar-refractivity contribution in [2.75, 3.05) is 55.2 Å². The Hall–Kier alpha value is -2.24. The molecule has 5 aliphatic carbocycles. The van der Waals surface area contributed by atoms with Crippen molar-refractivity contribution in [3.05, 3.63) is 29.8 Å². The topological polar surface area (TPSA) is 102 Å². The fourth-order valence-corrected chi connectivity index (χ4v) is 12.4. The number of piperidine rings is 1. The average molecular weight is 628 g/mol. The van der Waals surface area contributed by atoms with E-state index in [0.29, 0.717) is 24.3 Å². The second kappa shape index (κ2) is 11.2. The summed E-state index contributed by atoms with van der Waals surface area (Å²) in [5.74, 6) is -0.299. The van der Waals surface area contributed by atoms with Crippen molar-refractivity contribution in [1.29, 1.82) is 0 Å². The first-order valence-corrected chi connectivity index (χ1v) is 16.6. The molecule has 0 amide bonds. The number of benzene rings is 1. The van der Waals surface area contributed by atoms with Crippen LogP contribution in [0.5, 0.6) is 5.75 Å². The Morgan fingerprint density at radius 1 is 0.978 bits per heavy atom. The lowest BCUT2D eigenvalue weighted by molar-refractivity contribution is -0.280. The minimum atomic E-state index is -0.947. The molecule has 45 heavy (non-hydrogen) atoms. The molecule has 6 fully saturated rings. The van der Waals surface area contributed by atoms with Gasteiger partial charge in [-0.2, -0.15) is 0 Å². The number of nitrogens with zero attached hydrogens (tertiary/aromatic N) is 1. The SMILES string of the molecule is CCN1C[C@]2(COC)CCC(OC)C34C1C(C(OC)[C@@H]32)[C@@]1(OC(C)=O)C[C@H](OC)[C@H]2C[C@@H]4[C@@H]1[C@H]2OC(=O)c1ccc(OC)cc1. The molecule has 1 aliphatic heterocycles. The molecule has 0 N–H and O–H groups in total. The van der Waals surface area contributed by atoms with Crippen LogP contribution in [0.25, 0.3) is 0 Å². The highest BCUT2D eigenvalue weighted by Gasteiger charge is 2.88. The van der Waals surface area contributed by atoms with E-state index in [1.54, 1.807) is 45.6 Å². The van der Waals surface area contributed by atoms with E-state index in [2.05, 4.69) is 11.8 Å². The van der Waals surface area contributed by atoms with Crippen molar-refractivity contribution in [3.8, 4) is 5.75 Å². The van der Waals surface area contributed by atoms with Gasteiger partial charge in [-0.05, 0) is 56.0 Å². The summed E-state index contributed by atoms with van der Waals surface area (Å²) in [7, 11) is 8.77. The highest BCUT2D eigenvalue weighted by molar-refractivity contribution is 5.89. The van der Waals surface area contributed by atoms with Gasteiger partial charge in [-0.3, -0.25) is 9.69 Å². The van der Waals surface area contributed by atoms with Gasteiger partial charge in [0.2, 0.25) is 0 Å². The first-order chi connectivity index (χ1) is 21.7. The quantitative estimate of drug-likeness (QED) is 0.358. The van der Waals surface area contributed by atoms with E-state index >= 15 is 0 Å². The van der Waals surface area contributed by atoms with E-state index < -0.39 is 17.7 Å². The maximum atomic E-state index is 13.8. The molecule has 1 heterocycles. The lowest BCUT2D eigenvalue weighted by atomic mass is 9.43. The van der Waals surface area contributed by atoms with Crippen LogP contribution < -0.4 is 4.74 Å². The van der Waals surface area contributed by atoms with Crippen molar-refractivity contribution < 1.29 is 42.7 Å². The van der Waals surface area contributed by atoms with Crippen LogP contribution in [0.3, 0.4) is 0 Å². The molecule has 7 rings (SSSR count). The van der Waals surface area contributed by atoms with E-state index in [-0.39, 0.29) is 70.7 Å². The summed E-state index contributed by atoms with van der Waals surface area (Å²) < 4.78 is 44.1. The van der Waals surface area contributed by atoms with Gasteiger partial charge in [0.25, 0.3) is 0 Å². The maximum absolute atomic E-state index is 13.8. The second-order valence-electron chi connectivity index (χ2n) is 14.4. The molecule has 1 saturated heterocycles. The van der Waals surface area contributed by atoms with Crippen LogP contribution >= 0.6 is 0 Å². The normalized spacial score (nSPS) is 45.7. The lowest BCUT2D eigenvalue weighted by Gasteiger charge is -2.69. The fourth-order valence-electron chi connectivity index (χ4n) is 12.4. The maximum Gasteiger partial charge on any atom is 0.338 e. The van der Waals surface area contributed by atoms with Gasteiger partial charge >= 0.3 is 11.9 Å². The van der Waals surface area contributed by atoms with Crippen molar-refractivity contribution in [1.82, 2.24) is 4.90 Å². The van der Waals surface area contributed by atoms with Gasteiger partial charge in [0.05, 0.1) is 37.6 Å². The lowest BCUT2D eigenvalue weighted by Crippen LogP contribution is -2.77. The van der Waals surface area contributed by atoms with Crippen LogP contribution in [-0.2, 0) is 33.2 Å². The number of rotatable bonds is 10. The standard InChI is InChI=1S/C35H49NO9/c1-8-36-17-33(18-39-3)14-13-25(42-6)35-23-15-22-24(41-5)16-34(45-19(2)37,27(31(35)36)29(43-7)30(33)35)26(23)28(22)44-32(38)20-9-11-21(40-4)12-10-20/h9-12,22-31H,8,13-18H2,1-7H3/t22-,23-,24+,25?,26-,27?,28+,29?,30-,31?,33+,34-,35?/m1/s1. The minimum Gasteiger partial charge on any atom is -0.497 e. The zero-order chi connectivity index (χ0) is 31.9. The smallest absolute Gasteiger partial charge is 0.338 e. The van der Waals surface area contributed by atoms with E-state index in [9.17, 15) is 9.59 Å². The van der Waals surface area contributed by atoms with Crippen LogP contribution in [0.2, 0.25) is 0 Å². The van der Waals surface area contributed by atoms with Gasteiger partial charge in [0.15, 0.2) is 0 Å². The Kier molecular flexibility index (Phi) is 7.80. The van der Waals surface area contributed by atoms with E-state index in [1.165, 1.54) is 6.92 Å². The Morgan fingerprint density at radius 2 is 1.73 bits per heavy atom. The summed E-state index contributed by atoms with van der Waals surface area (Å²) in [6.45, 7) is 6.11. The monoisotopic (exact) mass is 627 g/mol. The average Bonchev–Trinajstić information content (AvgIpc) is 3.46. The molecule has 248 valence electrons. The Morgan fingerprint density at radius 3 is 2.33 bits per heavy atom. The molecular weight excluding hydrogens is 578 g/mol. The van der Waals surface area contributed by atoms with Gasteiger partial charge in [-0.25, -0.2) is 4.79 Å². The number of fused-ring (bicyclic) bond motifs is 2. The molecule has 5 saturated carbocycles. The zero-order valence-corrected chi connectivity index (χ0v) is 27.7. The molecule has 0 aromatic heterocycles. The molecule has 0 radical (unpaired) electrons. The summed E-state index contributed by atoms with van der Waals surface area (Å²) in [6.07, 6.45) is 2.27. The van der Waals surface area contributed by atoms with E-state index in [1.807, 2.05) is 14.2 Å². The highest BCUT2D eigenvalue weighted by atomic mass is 16.6. The van der Waals surface area contributed by atoms with Gasteiger partial charge in [0, 0.05) is 88.9 Å². The molecular formula is C35H49NO9. The number of hydrogen-bond donors (Lipinski definition) is 0. The molecule has 13 atom stereocenters. The van der Waals surface area contributed by atoms with Crippen LogP contribution in [0.4, 0.5) is 0 Å². The largest absolute Gasteiger partial charge is 0.497 e. The van der Waals surface area contributed by atoms with Crippen molar-refractivity contribution in [2.45, 2.75) is 75.6 Å². The predicted molar refractivity (Wildman–Crippen MR) is 163 cm³/mol. The van der Waals surface area contributed by atoms with Gasteiger partial charge < -0.3 is 33.2 Å². The number of carbonyl (C=O) groups excluding carboxylic acids is 2. The van der Waals surface area contributed by atoms with E-state index in [0.717, 1.165) is 32.4 Å². The predicted octanol–water partition coefficient (Wildman–Crippen LogP) is 3.60. The van der Waals surface area contributed by atoms with Gasteiger partial charge in [-0.15, -0.1) is 0 Å². The number of methoxy groups -OCH3 is 5. The molecule has 1 aromatic rings. The molecule has 7 bridgehead atoms. The third kappa shape index (κ3) is 3.98. The third-order valence-electron chi connectivity index (χ3n) is 13.2. The minimum absolute atomic E-state index is 0.0203. The summed E-state index contributed by atoms with van der Waals surface area (Å²) in [4.78, 5) is 29.7. The van der Waals surface area contributed by atoms with Crippen molar-refractivity contribution in [3.63, 3.8) is 0 Å². The number of esters is 2. The number of hydrogen-bond acceptors (Lipinski definition) is 10. The highest BCUT2D eigenvalue weighted by Crippen LogP contribution is 2.80. The number of likely N-dealkylation sites (tertiary alicyclic amines) is 1. The van der Waals surface area contributed by atoms with Crippen molar-refractivity contribution in [2.24, 2.45) is 40.4 Å². The van der Waals surface area contributed by atoms with Crippen molar-refractivity contribution >= 4 is 11.9 Å². The molecule has 1 spiro atoms. The zero-order valence-electron chi connectivity index (χ0n) is 27.7. The molecule has 10 heteroatoms. The summed E-state index contributed by atoms with van der Waals surface area (Å²) in [6, 6.07) is 7.07. The van der Waals surface area contributed by atoms with Gasteiger partial charge in [-0.1, -0.05) is 6.92 Å². The van der Waals surface area contributed by atoms with Crippen LogP contribution in [0.15, 0.2) is 24.3 Å². The molecule has 6 aliphatic rings. The summed E-state index contributed by atoms with van der Waals surface area (Å²) in [5, 5.41) is 0. The fraction of sp³-hybridized carbons (Fsp3) is 0.771. The van der Waals surface area contributed by atoms with Crippen LogP contribution in [-0.4, -0.2) is 108 Å². The molecule has 1 aromatic carbocycles. The summed E-state index contributed by atoms with van der Waals surface area (Å²) in [5.41, 5.74) is -0.937. The molecule has 5 unspecified atom stereocenters. The second-order valence-corrected chi connectivity index (χ2v) is 14.4. The Labute approximate surface area is 266 Å². The first kappa shape index (κ1) is 31.4. The Bertz CT molecular complexity index is 1310. The third-order valence-corrected chi connectivity index (χ3v) is 13.2. The molecule has 10 nitrogen and oxygen atoms in total. The Balaban J connectivity index is 1.43. The van der Waals surface area contributed by atoms with Crippen LogP contribution in [0.1, 0.15) is 49.9 Å². The first-order valence-electron chi connectivity index (χ1n) is 16.6. The van der Waals surface area contributed by atoms with Gasteiger partial charge in [0.1, 0.15) is 17.5 Å². The van der Waals surface area contributed by atoms with E-state index in [4.69, 9.17) is 33.2 Å². The van der Waals surface area contributed by atoms with Crippen LogP contribution in [0, 0.1) is 40.4 Å². The number of carbonyl (C=O) groups is 2.